The topological polar surface area (TPSA) is 65.9 Å². The average molecular weight is 298 g/mol. The van der Waals surface area contributed by atoms with Crippen molar-refractivity contribution < 1.29 is 14.6 Å². The van der Waals surface area contributed by atoms with Crippen LogP contribution in [0.15, 0.2) is 12.1 Å². The van der Waals surface area contributed by atoms with Crippen molar-refractivity contribution >= 4 is 29.1 Å². The number of pyridine rings is 1. The summed E-state index contributed by atoms with van der Waals surface area (Å²) in [6, 6.07) is 3.44. The van der Waals surface area contributed by atoms with E-state index in [-0.39, 0.29) is 18.9 Å². The molecule has 2 aliphatic rings. The molecule has 1 N–H and O–H groups in total. The number of β-amino-alcohol motifs (C(OH)–C–C–N with tert-alkyl or cyclic N) is 1. The Bertz CT molecular complexity index is 520. The molecule has 0 radical (unpaired) electrons. The number of amides is 1. The number of morpholine rings is 1. The molecule has 108 valence electrons. The fourth-order valence-electron chi connectivity index (χ4n) is 2.47. The van der Waals surface area contributed by atoms with E-state index >= 15 is 0 Å². The Morgan fingerprint density at radius 2 is 2.00 bits per heavy atom. The van der Waals surface area contributed by atoms with Gasteiger partial charge in [-0.15, -0.1) is 0 Å². The molecule has 1 atom stereocenters. The van der Waals surface area contributed by atoms with Crippen LogP contribution in [0.1, 0.15) is 6.42 Å². The number of rotatable bonds is 2. The molecular weight excluding hydrogens is 282 g/mol. The van der Waals surface area contributed by atoms with Crippen molar-refractivity contribution in [2.24, 2.45) is 0 Å². The predicted molar refractivity (Wildman–Crippen MR) is 75.3 cm³/mol. The maximum absolute atomic E-state index is 11.8. The number of hydrogen-bond donors (Lipinski definition) is 1. The summed E-state index contributed by atoms with van der Waals surface area (Å²) in [6.45, 7) is 3.09. The van der Waals surface area contributed by atoms with Crippen molar-refractivity contribution in [1.82, 2.24) is 4.98 Å². The Morgan fingerprint density at radius 1 is 1.30 bits per heavy atom. The van der Waals surface area contributed by atoms with Gasteiger partial charge >= 0.3 is 0 Å². The number of aromatic nitrogens is 1. The molecule has 1 aromatic heterocycles. The van der Waals surface area contributed by atoms with Crippen LogP contribution >= 0.6 is 11.6 Å². The highest BCUT2D eigenvalue weighted by molar-refractivity contribution is 6.31. The number of hydrogen-bond acceptors (Lipinski definition) is 5. The smallest absolute Gasteiger partial charge is 0.230 e. The Morgan fingerprint density at radius 3 is 2.65 bits per heavy atom. The van der Waals surface area contributed by atoms with Crippen molar-refractivity contribution in [3.8, 4) is 0 Å². The van der Waals surface area contributed by atoms with Gasteiger partial charge in [0.05, 0.1) is 32.3 Å². The summed E-state index contributed by atoms with van der Waals surface area (Å²) in [6.07, 6.45) is -0.490. The molecule has 0 unspecified atom stereocenters. The zero-order chi connectivity index (χ0) is 14.1. The number of carbonyl (C=O) groups excluding carboxylic acids is 1. The first-order valence-corrected chi connectivity index (χ1v) is 7.00. The Labute approximate surface area is 121 Å². The van der Waals surface area contributed by atoms with E-state index in [0.29, 0.717) is 24.1 Å². The van der Waals surface area contributed by atoms with Gasteiger partial charge in [0.2, 0.25) is 5.91 Å². The molecule has 2 aliphatic heterocycles. The summed E-state index contributed by atoms with van der Waals surface area (Å²) in [4.78, 5) is 19.9. The lowest BCUT2D eigenvalue weighted by molar-refractivity contribution is -0.117. The van der Waals surface area contributed by atoms with Crippen molar-refractivity contribution in [2.75, 3.05) is 42.6 Å². The minimum Gasteiger partial charge on any atom is -0.391 e. The average Bonchev–Trinajstić information content (AvgIpc) is 2.78. The van der Waals surface area contributed by atoms with Gasteiger partial charge in [-0.2, -0.15) is 0 Å². The van der Waals surface area contributed by atoms with Gasteiger partial charge in [0.15, 0.2) is 0 Å². The number of halogens is 1. The standard InChI is InChI=1S/C13H16ClN3O3/c14-9-5-11(16-1-3-20-4-2-16)15-12(6-9)17-8-10(18)7-13(17)19/h5-6,10,18H,1-4,7-8H2/t10-/m1/s1. The van der Waals surface area contributed by atoms with Crippen LogP contribution in [-0.2, 0) is 9.53 Å². The third-order valence-corrected chi connectivity index (χ3v) is 3.70. The second kappa shape index (κ2) is 5.55. The van der Waals surface area contributed by atoms with E-state index in [1.54, 1.807) is 12.1 Å². The Kier molecular flexibility index (Phi) is 3.78. The molecule has 3 heterocycles. The molecule has 0 spiro atoms. The van der Waals surface area contributed by atoms with Crippen LogP contribution in [0.4, 0.5) is 11.6 Å². The van der Waals surface area contributed by atoms with Gasteiger partial charge in [0.1, 0.15) is 11.6 Å². The van der Waals surface area contributed by atoms with E-state index in [0.717, 1.165) is 18.9 Å². The number of aliphatic hydroxyl groups excluding tert-OH is 1. The Balaban J connectivity index is 1.88. The van der Waals surface area contributed by atoms with E-state index in [9.17, 15) is 9.90 Å². The van der Waals surface area contributed by atoms with Crippen molar-refractivity contribution in [2.45, 2.75) is 12.5 Å². The van der Waals surface area contributed by atoms with Crippen molar-refractivity contribution in [3.63, 3.8) is 0 Å². The lowest BCUT2D eigenvalue weighted by Crippen LogP contribution is -2.37. The van der Waals surface area contributed by atoms with E-state index < -0.39 is 6.10 Å². The van der Waals surface area contributed by atoms with Crippen molar-refractivity contribution in [3.05, 3.63) is 17.2 Å². The lowest BCUT2D eigenvalue weighted by atomic mass is 10.3. The maximum Gasteiger partial charge on any atom is 0.230 e. The van der Waals surface area contributed by atoms with Crippen LogP contribution in [0, 0.1) is 0 Å². The van der Waals surface area contributed by atoms with Crippen LogP contribution in [0.3, 0.4) is 0 Å². The fourth-order valence-corrected chi connectivity index (χ4v) is 2.67. The van der Waals surface area contributed by atoms with Crippen LogP contribution in [0.25, 0.3) is 0 Å². The molecule has 1 amide bonds. The highest BCUT2D eigenvalue weighted by Crippen LogP contribution is 2.27. The predicted octanol–water partition coefficient (Wildman–Crippen LogP) is 0.669. The zero-order valence-corrected chi connectivity index (χ0v) is 11.7. The number of aliphatic hydroxyl groups is 1. The minimum absolute atomic E-state index is 0.125. The van der Waals surface area contributed by atoms with E-state index in [1.807, 2.05) is 0 Å². The van der Waals surface area contributed by atoms with Crippen LogP contribution in [0.5, 0.6) is 0 Å². The van der Waals surface area contributed by atoms with Gasteiger partial charge in [-0.1, -0.05) is 11.6 Å². The minimum atomic E-state index is -0.630. The highest BCUT2D eigenvalue weighted by atomic mass is 35.5. The highest BCUT2D eigenvalue weighted by Gasteiger charge is 2.30. The summed E-state index contributed by atoms with van der Waals surface area (Å²) in [5.74, 6) is 1.12. The molecule has 3 rings (SSSR count). The van der Waals surface area contributed by atoms with Gasteiger partial charge in [0.25, 0.3) is 0 Å². The molecule has 20 heavy (non-hydrogen) atoms. The zero-order valence-electron chi connectivity index (χ0n) is 11.0. The summed E-state index contributed by atoms with van der Waals surface area (Å²) in [7, 11) is 0. The quantitative estimate of drug-likeness (QED) is 0.869. The third kappa shape index (κ3) is 2.72. The molecule has 0 bridgehead atoms. The van der Waals surface area contributed by atoms with E-state index in [1.165, 1.54) is 4.90 Å². The van der Waals surface area contributed by atoms with Gasteiger partial charge in [-0.25, -0.2) is 4.98 Å². The largest absolute Gasteiger partial charge is 0.391 e. The fraction of sp³-hybridized carbons (Fsp3) is 0.538. The monoisotopic (exact) mass is 297 g/mol. The first-order valence-electron chi connectivity index (χ1n) is 6.62. The number of nitrogens with zero attached hydrogens (tertiary/aromatic N) is 3. The maximum atomic E-state index is 11.8. The summed E-state index contributed by atoms with van der Waals surface area (Å²) in [5, 5.41) is 10.1. The summed E-state index contributed by atoms with van der Waals surface area (Å²) in [5.41, 5.74) is 0. The van der Waals surface area contributed by atoms with E-state index in [4.69, 9.17) is 16.3 Å². The van der Waals surface area contributed by atoms with E-state index in [2.05, 4.69) is 9.88 Å². The second-order valence-electron chi connectivity index (χ2n) is 4.96. The van der Waals surface area contributed by atoms with Crippen LogP contribution in [0.2, 0.25) is 5.02 Å². The SMILES string of the molecule is O=C1C[C@@H](O)CN1c1cc(Cl)cc(N2CCOCC2)n1. The van der Waals surface area contributed by atoms with Gasteiger partial charge in [-0.05, 0) is 12.1 Å². The molecule has 2 fully saturated rings. The lowest BCUT2D eigenvalue weighted by Gasteiger charge is -2.28. The number of carbonyl (C=O) groups is 1. The van der Waals surface area contributed by atoms with Gasteiger partial charge in [-0.3, -0.25) is 9.69 Å². The van der Waals surface area contributed by atoms with Gasteiger partial charge < -0.3 is 14.7 Å². The molecule has 0 aliphatic carbocycles. The number of ether oxygens (including phenoxy) is 1. The second-order valence-corrected chi connectivity index (χ2v) is 5.40. The number of anilines is 2. The molecule has 0 aromatic carbocycles. The van der Waals surface area contributed by atoms with Gasteiger partial charge in [0, 0.05) is 18.1 Å². The molecule has 7 heteroatoms. The molecule has 0 saturated carbocycles. The van der Waals surface area contributed by atoms with Crippen LogP contribution in [-0.4, -0.2) is 54.9 Å². The third-order valence-electron chi connectivity index (χ3n) is 3.48. The molecular formula is C13H16ClN3O3. The first-order chi connectivity index (χ1) is 9.63. The normalized spacial score (nSPS) is 23.5. The summed E-state index contributed by atoms with van der Waals surface area (Å²) >= 11 is 6.13. The molecule has 1 aromatic rings. The molecule has 2 saturated heterocycles. The first kappa shape index (κ1) is 13.6. The Hall–Kier alpha value is -1.37. The van der Waals surface area contributed by atoms with Crippen LogP contribution < -0.4 is 9.80 Å². The van der Waals surface area contributed by atoms with Crippen molar-refractivity contribution in [1.29, 1.82) is 0 Å². The summed E-state index contributed by atoms with van der Waals surface area (Å²) < 4.78 is 5.31. The molecule has 6 nitrogen and oxygen atoms in total.